The topological polar surface area (TPSA) is 30.9 Å². The van der Waals surface area contributed by atoms with Gasteiger partial charge in [-0.15, -0.1) is 0 Å². The summed E-state index contributed by atoms with van der Waals surface area (Å²) in [6, 6.07) is 14.0. The first kappa shape index (κ1) is 13.5. The molecule has 0 spiro atoms. The first-order valence-electron chi connectivity index (χ1n) is 6.40. The molecule has 20 heavy (non-hydrogen) atoms. The Kier molecular flexibility index (Phi) is 3.70. The van der Waals surface area contributed by atoms with Crippen LogP contribution in [-0.4, -0.2) is 4.57 Å². The SMILES string of the molecule is NCc1ccc(Cn2cc(Cl)c3ccccc32)c(Cl)c1. The Morgan fingerprint density at radius 3 is 2.55 bits per heavy atom. The van der Waals surface area contributed by atoms with Gasteiger partial charge < -0.3 is 10.3 Å². The summed E-state index contributed by atoms with van der Waals surface area (Å²) < 4.78 is 2.11. The average Bonchev–Trinajstić information content (AvgIpc) is 2.78. The van der Waals surface area contributed by atoms with Crippen molar-refractivity contribution in [3.8, 4) is 0 Å². The Morgan fingerprint density at radius 2 is 1.80 bits per heavy atom. The second-order valence-corrected chi connectivity index (χ2v) is 5.57. The number of para-hydroxylation sites is 1. The van der Waals surface area contributed by atoms with Crippen LogP contribution in [0.2, 0.25) is 10.0 Å². The normalized spacial score (nSPS) is 11.2. The van der Waals surface area contributed by atoms with Crippen LogP contribution >= 0.6 is 23.2 Å². The molecule has 0 atom stereocenters. The monoisotopic (exact) mass is 304 g/mol. The number of nitrogens with two attached hydrogens (primary N) is 1. The molecule has 0 aliphatic rings. The van der Waals surface area contributed by atoms with Crippen LogP contribution in [0.4, 0.5) is 0 Å². The number of nitrogens with zero attached hydrogens (tertiary/aromatic N) is 1. The molecular formula is C16H14Cl2N2. The van der Waals surface area contributed by atoms with E-state index in [4.69, 9.17) is 28.9 Å². The third-order valence-electron chi connectivity index (χ3n) is 3.43. The molecule has 3 rings (SSSR count). The van der Waals surface area contributed by atoms with Crippen LogP contribution in [0.5, 0.6) is 0 Å². The molecule has 2 nitrogen and oxygen atoms in total. The summed E-state index contributed by atoms with van der Waals surface area (Å²) in [7, 11) is 0. The van der Waals surface area contributed by atoms with Crippen LogP contribution in [0.25, 0.3) is 10.9 Å². The molecule has 102 valence electrons. The molecule has 0 aliphatic carbocycles. The van der Waals surface area contributed by atoms with Gasteiger partial charge in [0.1, 0.15) is 0 Å². The summed E-state index contributed by atoms with van der Waals surface area (Å²) in [5.74, 6) is 0. The van der Waals surface area contributed by atoms with Gasteiger partial charge in [-0.2, -0.15) is 0 Å². The van der Waals surface area contributed by atoms with Crippen molar-refractivity contribution in [2.24, 2.45) is 5.73 Å². The maximum Gasteiger partial charge on any atom is 0.0661 e. The van der Waals surface area contributed by atoms with E-state index in [0.717, 1.165) is 32.1 Å². The first-order chi connectivity index (χ1) is 9.69. The number of hydrogen-bond donors (Lipinski definition) is 1. The number of fused-ring (bicyclic) bond motifs is 1. The van der Waals surface area contributed by atoms with Crippen LogP contribution in [-0.2, 0) is 13.1 Å². The van der Waals surface area contributed by atoms with Gasteiger partial charge in [0.05, 0.1) is 5.02 Å². The lowest BCUT2D eigenvalue weighted by Gasteiger charge is -2.09. The van der Waals surface area contributed by atoms with Crippen molar-refractivity contribution in [3.05, 3.63) is 69.8 Å². The fraction of sp³-hybridized carbons (Fsp3) is 0.125. The molecule has 1 aromatic heterocycles. The van der Waals surface area contributed by atoms with Crippen LogP contribution in [0.3, 0.4) is 0 Å². The molecule has 1 heterocycles. The van der Waals surface area contributed by atoms with E-state index in [1.165, 1.54) is 0 Å². The Balaban J connectivity index is 2.01. The lowest BCUT2D eigenvalue weighted by molar-refractivity contribution is 0.836. The minimum absolute atomic E-state index is 0.498. The van der Waals surface area contributed by atoms with E-state index in [0.29, 0.717) is 13.1 Å². The minimum atomic E-state index is 0.498. The quantitative estimate of drug-likeness (QED) is 0.761. The van der Waals surface area contributed by atoms with Gasteiger partial charge >= 0.3 is 0 Å². The Bertz CT molecular complexity index is 762. The highest BCUT2D eigenvalue weighted by Crippen LogP contribution is 2.27. The second-order valence-electron chi connectivity index (χ2n) is 4.75. The summed E-state index contributed by atoms with van der Waals surface area (Å²) in [6.07, 6.45) is 1.94. The molecule has 0 saturated heterocycles. The molecule has 4 heteroatoms. The molecular weight excluding hydrogens is 291 g/mol. The molecule has 0 amide bonds. The Labute approximate surface area is 127 Å². The molecule has 0 bridgehead atoms. The van der Waals surface area contributed by atoms with E-state index in [-0.39, 0.29) is 0 Å². The van der Waals surface area contributed by atoms with Crippen molar-refractivity contribution in [3.63, 3.8) is 0 Å². The van der Waals surface area contributed by atoms with E-state index in [1.54, 1.807) is 0 Å². The molecule has 3 aromatic rings. The lowest BCUT2D eigenvalue weighted by atomic mass is 10.1. The van der Waals surface area contributed by atoms with Gasteiger partial charge in [0.15, 0.2) is 0 Å². The van der Waals surface area contributed by atoms with Gasteiger partial charge in [-0.1, -0.05) is 53.5 Å². The predicted molar refractivity (Wildman–Crippen MR) is 85.4 cm³/mol. The summed E-state index contributed by atoms with van der Waals surface area (Å²) in [6.45, 7) is 1.19. The minimum Gasteiger partial charge on any atom is -0.341 e. The summed E-state index contributed by atoms with van der Waals surface area (Å²) in [4.78, 5) is 0. The van der Waals surface area contributed by atoms with Crippen molar-refractivity contribution in [1.29, 1.82) is 0 Å². The third kappa shape index (κ3) is 2.42. The fourth-order valence-electron chi connectivity index (χ4n) is 2.36. The van der Waals surface area contributed by atoms with Gasteiger partial charge in [-0.25, -0.2) is 0 Å². The highest BCUT2D eigenvalue weighted by atomic mass is 35.5. The zero-order chi connectivity index (χ0) is 14.1. The second kappa shape index (κ2) is 5.49. The number of aromatic nitrogens is 1. The van der Waals surface area contributed by atoms with Gasteiger partial charge in [0.2, 0.25) is 0 Å². The summed E-state index contributed by atoms with van der Waals surface area (Å²) >= 11 is 12.6. The largest absolute Gasteiger partial charge is 0.341 e. The average molecular weight is 305 g/mol. The highest BCUT2D eigenvalue weighted by molar-refractivity contribution is 6.35. The number of hydrogen-bond acceptors (Lipinski definition) is 1. The third-order valence-corrected chi connectivity index (χ3v) is 4.09. The van der Waals surface area contributed by atoms with Crippen LogP contribution in [0.1, 0.15) is 11.1 Å². The predicted octanol–water partition coefficient (Wildman–Crippen LogP) is 4.46. The molecule has 0 aliphatic heterocycles. The van der Waals surface area contributed by atoms with E-state index in [9.17, 15) is 0 Å². The van der Waals surface area contributed by atoms with Crippen molar-refractivity contribution >= 4 is 34.1 Å². The number of rotatable bonds is 3. The summed E-state index contributed by atoms with van der Waals surface area (Å²) in [5.41, 5.74) is 8.82. The maximum absolute atomic E-state index is 6.31. The maximum atomic E-state index is 6.31. The molecule has 0 unspecified atom stereocenters. The highest BCUT2D eigenvalue weighted by Gasteiger charge is 2.08. The Morgan fingerprint density at radius 1 is 1.00 bits per heavy atom. The van der Waals surface area contributed by atoms with E-state index >= 15 is 0 Å². The smallest absolute Gasteiger partial charge is 0.0661 e. The van der Waals surface area contributed by atoms with Gasteiger partial charge in [0, 0.05) is 35.2 Å². The number of halogens is 2. The molecule has 0 saturated carbocycles. The van der Waals surface area contributed by atoms with E-state index in [2.05, 4.69) is 10.6 Å². The van der Waals surface area contributed by atoms with E-state index < -0.39 is 0 Å². The zero-order valence-corrected chi connectivity index (χ0v) is 12.3. The molecule has 2 N–H and O–H groups in total. The van der Waals surface area contributed by atoms with Crippen molar-refractivity contribution in [1.82, 2.24) is 4.57 Å². The molecule has 2 aromatic carbocycles. The molecule has 0 fully saturated rings. The van der Waals surface area contributed by atoms with Gasteiger partial charge in [-0.05, 0) is 23.3 Å². The first-order valence-corrected chi connectivity index (χ1v) is 7.15. The van der Waals surface area contributed by atoms with E-state index in [1.807, 2.05) is 42.6 Å². The molecule has 0 radical (unpaired) electrons. The zero-order valence-electron chi connectivity index (χ0n) is 10.8. The number of benzene rings is 2. The van der Waals surface area contributed by atoms with Gasteiger partial charge in [-0.3, -0.25) is 0 Å². The fourth-order valence-corrected chi connectivity index (χ4v) is 2.90. The van der Waals surface area contributed by atoms with Crippen molar-refractivity contribution in [2.45, 2.75) is 13.1 Å². The van der Waals surface area contributed by atoms with Crippen molar-refractivity contribution in [2.75, 3.05) is 0 Å². The van der Waals surface area contributed by atoms with Crippen molar-refractivity contribution < 1.29 is 0 Å². The Hall–Kier alpha value is -1.48. The standard InChI is InChI=1S/C16H14Cl2N2/c17-14-7-11(8-19)5-6-12(14)9-20-10-15(18)13-3-1-2-4-16(13)20/h1-7,10H,8-9,19H2. The van der Waals surface area contributed by atoms with Crippen LogP contribution in [0.15, 0.2) is 48.7 Å². The van der Waals surface area contributed by atoms with Crippen LogP contribution < -0.4 is 5.73 Å². The lowest BCUT2D eigenvalue weighted by Crippen LogP contribution is -2.01. The van der Waals surface area contributed by atoms with Gasteiger partial charge in [0.25, 0.3) is 0 Å². The summed E-state index contributed by atoms with van der Waals surface area (Å²) in [5, 5.41) is 2.56. The van der Waals surface area contributed by atoms with Crippen LogP contribution in [0, 0.1) is 0 Å².